The second kappa shape index (κ2) is 6.44. The zero-order chi connectivity index (χ0) is 13.7. The van der Waals surface area contributed by atoms with Crippen LogP contribution in [0.5, 0.6) is 0 Å². The van der Waals surface area contributed by atoms with E-state index in [4.69, 9.17) is 5.11 Å². The van der Waals surface area contributed by atoms with Gasteiger partial charge in [-0.1, -0.05) is 26.0 Å². The molecule has 0 radical (unpaired) electrons. The van der Waals surface area contributed by atoms with Crippen molar-refractivity contribution in [3.8, 4) is 0 Å². The zero-order valence-corrected chi connectivity index (χ0v) is 11.5. The van der Waals surface area contributed by atoms with Crippen LogP contribution in [0, 0.1) is 0 Å². The molecular formula is C13H17NO3S. The van der Waals surface area contributed by atoms with Crippen LogP contribution in [0.3, 0.4) is 0 Å². The summed E-state index contributed by atoms with van der Waals surface area (Å²) in [5, 5.41) is 9.10. The predicted molar refractivity (Wildman–Crippen MR) is 71.5 cm³/mol. The molecular weight excluding hydrogens is 250 g/mol. The van der Waals surface area contributed by atoms with Gasteiger partial charge in [-0.25, -0.2) is 4.79 Å². The SMILES string of the molecule is CC(C)Sc1ccc(CN(C)C(=O)C(=O)O)cc1. The van der Waals surface area contributed by atoms with Gasteiger partial charge in [0.1, 0.15) is 0 Å². The van der Waals surface area contributed by atoms with Gasteiger partial charge in [0.25, 0.3) is 0 Å². The highest BCUT2D eigenvalue weighted by molar-refractivity contribution is 7.99. The second-order valence-corrected chi connectivity index (χ2v) is 5.93. The van der Waals surface area contributed by atoms with Gasteiger partial charge < -0.3 is 10.0 Å². The van der Waals surface area contributed by atoms with Crippen LogP contribution in [0.2, 0.25) is 0 Å². The number of benzene rings is 1. The summed E-state index contributed by atoms with van der Waals surface area (Å²) < 4.78 is 0. The topological polar surface area (TPSA) is 57.6 Å². The summed E-state index contributed by atoms with van der Waals surface area (Å²) in [7, 11) is 1.48. The molecule has 1 aromatic rings. The van der Waals surface area contributed by atoms with Gasteiger partial charge in [-0.05, 0) is 17.7 Å². The fraction of sp³-hybridized carbons (Fsp3) is 0.385. The first-order chi connectivity index (χ1) is 8.40. The molecule has 0 aliphatic heterocycles. The van der Waals surface area contributed by atoms with Crippen LogP contribution in [0.4, 0.5) is 0 Å². The van der Waals surface area contributed by atoms with Crippen molar-refractivity contribution in [1.29, 1.82) is 0 Å². The van der Waals surface area contributed by atoms with Crippen LogP contribution in [-0.2, 0) is 16.1 Å². The largest absolute Gasteiger partial charge is 0.474 e. The van der Waals surface area contributed by atoms with Gasteiger partial charge in [0.15, 0.2) is 0 Å². The third-order valence-corrected chi connectivity index (χ3v) is 3.26. The fourth-order valence-corrected chi connectivity index (χ4v) is 2.29. The standard InChI is InChI=1S/C13H17NO3S/c1-9(2)18-11-6-4-10(5-7-11)8-14(3)12(15)13(16)17/h4-7,9H,8H2,1-3H3,(H,16,17). The third kappa shape index (κ3) is 4.41. The van der Waals surface area contributed by atoms with Gasteiger partial charge in [0.05, 0.1) is 0 Å². The van der Waals surface area contributed by atoms with E-state index < -0.39 is 11.9 Å². The van der Waals surface area contributed by atoms with E-state index in [1.165, 1.54) is 16.8 Å². The number of amides is 1. The Hall–Kier alpha value is -1.49. The Bertz CT molecular complexity index is 428. The first kappa shape index (κ1) is 14.6. The van der Waals surface area contributed by atoms with Gasteiger partial charge >= 0.3 is 11.9 Å². The van der Waals surface area contributed by atoms with Crippen molar-refractivity contribution in [2.45, 2.75) is 30.5 Å². The molecule has 0 heterocycles. The Labute approximate surface area is 111 Å². The molecule has 1 amide bonds. The lowest BCUT2D eigenvalue weighted by molar-refractivity contribution is -0.155. The van der Waals surface area contributed by atoms with Crippen molar-refractivity contribution in [3.63, 3.8) is 0 Å². The third-order valence-electron chi connectivity index (χ3n) is 2.24. The van der Waals surface area contributed by atoms with Crippen molar-refractivity contribution < 1.29 is 14.7 Å². The summed E-state index contributed by atoms with van der Waals surface area (Å²) in [6.45, 7) is 4.55. The minimum atomic E-state index is -1.43. The van der Waals surface area contributed by atoms with E-state index in [2.05, 4.69) is 13.8 Å². The minimum Gasteiger partial charge on any atom is -0.474 e. The van der Waals surface area contributed by atoms with Gasteiger partial charge in [0.2, 0.25) is 0 Å². The highest BCUT2D eigenvalue weighted by Gasteiger charge is 2.16. The smallest absolute Gasteiger partial charge is 0.394 e. The van der Waals surface area contributed by atoms with Gasteiger partial charge in [-0.3, -0.25) is 4.79 Å². The van der Waals surface area contributed by atoms with E-state index in [1.807, 2.05) is 24.3 Å². The average molecular weight is 267 g/mol. The minimum absolute atomic E-state index is 0.303. The molecule has 0 bridgehead atoms. The molecule has 1 rings (SSSR count). The molecule has 0 atom stereocenters. The Kier molecular flexibility index (Phi) is 5.22. The molecule has 18 heavy (non-hydrogen) atoms. The van der Waals surface area contributed by atoms with Crippen LogP contribution in [0.25, 0.3) is 0 Å². The van der Waals surface area contributed by atoms with E-state index in [9.17, 15) is 9.59 Å². The molecule has 5 heteroatoms. The van der Waals surface area contributed by atoms with Crippen LogP contribution in [0.15, 0.2) is 29.2 Å². The number of nitrogens with zero attached hydrogens (tertiary/aromatic N) is 1. The number of aliphatic carboxylic acids is 1. The van der Waals surface area contributed by atoms with Gasteiger partial charge in [0, 0.05) is 23.7 Å². The molecule has 1 N–H and O–H groups in total. The molecule has 4 nitrogen and oxygen atoms in total. The molecule has 0 unspecified atom stereocenters. The first-order valence-electron chi connectivity index (χ1n) is 5.64. The lowest BCUT2D eigenvalue weighted by Gasteiger charge is -2.14. The summed E-state index contributed by atoms with van der Waals surface area (Å²) in [6, 6.07) is 7.80. The first-order valence-corrected chi connectivity index (χ1v) is 6.52. The summed E-state index contributed by atoms with van der Waals surface area (Å²) in [5.41, 5.74) is 0.917. The summed E-state index contributed by atoms with van der Waals surface area (Å²) in [5.74, 6) is -2.32. The Morgan fingerprint density at radius 1 is 1.28 bits per heavy atom. The number of carbonyl (C=O) groups excluding carboxylic acids is 1. The molecule has 0 aliphatic carbocycles. The van der Waals surface area contributed by atoms with Crippen molar-refractivity contribution >= 4 is 23.6 Å². The number of hydrogen-bond donors (Lipinski definition) is 1. The second-order valence-electron chi connectivity index (χ2n) is 4.28. The number of carboxylic acid groups (broad SMARTS) is 1. The maximum absolute atomic E-state index is 11.2. The zero-order valence-electron chi connectivity index (χ0n) is 10.7. The molecule has 0 aliphatic rings. The molecule has 1 aromatic carbocycles. The number of thioether (sulfide) groups is 1. The average Bonchev–Trinajstić information content (AvgIpc) is 2.29. The normalized spacial score (nSPS) is 10.4. The van der Waals surface area contributed by atoms with Crippen molar-refractivity contribution in [2.24, 2.45) is 0 Å². The predicted octanol–water partition coefficient (Wildman–Crippen LogP) is 2.23. The number of carbonyl (C=O) groups is 2. The summed E-state index contributed by atoms with van der Waals surface area (Å²) >= 11 is 1.76. The Morgan fingerprint density at radius 3 is 2.28 bits per heavy atom. The van der Waals surface area contributed by atoms with E-state index in [1.54, 1.807) is 11.8 Å². The van der Waals surface area contributed by atoms with Crippen molar-refractivity contribution in [3.05, 3.63) is 29.8 Å². The maximum atomic E-state index is 11.2. The number of rotatable bonds is 4. The van der Waals surface area contributed by atoms with E-state index >= 15 is 0 Å². The molecule has 0 spiro atoms. The van der Waals surface area contributed by atoms with Crippen molar-refractivity contribution in [1.82, 2.24) is 4.90 Å². The van der Waals surface area contributed by atoms with Gasteiger partial charge in [-0.15, -0.1) is 11.8 Å². The monoisotopic (exact) mass is 267 g/mol. The lowest BCUT2D eigenvalue weighted by Crippen LogP contribution is -2.32. The van der Waals surface area contributed by atoms with E-state index in [0.29, 0.717) is 11.8 Å². The molecule has 0 saturated carbocycles. The van der Waals surface area contributed by atoms with E-state index in [0.717, 1.165) is 5.56 Å². The molecule has 0 saturated heterocycles. The Balaban J connectivity index is 2.63. The lowest BCUT2D eigenvalue weighted by atomic mass is 10.2. The molecule has 98 valence electrons. The summed E-state index contributed by atoms with van der Waals surface area (Å²) in [4.78, 5) is 24.0. The molecule has 0 fully saturated rings. The number of hydrogen-bond acceptors (Lipinski definition) is 3. The quantitative estimate of drug-likeness (QED) is 0.671. The fourth-order valence-electron chi connectivity index (χ4n) is 1.45. The van der Waals surface area contributed by atoms with Crippen LogP contribution in [0.1, 0.15) is 19.4 Å². The molecule has 0 aromatic heterocycles. The van der Waals surface area contributed by atoms with Crippen LogP contribution < -0.4 is 0 Å². The highest BCUT2D eigenvalue weighted by atomic mass is 32.2. The number of likely N-dealkylation sites (N-methyl/N-ethyl adjacent to an activating group) is 1. The van der Waals surface area contributed by atoms with Crippen LogP contribution >= 0.6 is 11.8 Å². The Morgan fingerprint density at radius 2 is 1.83 bits per heavy atom. The van der Waals surface area contributed by atoms with Gasteiger partial charge in [-0.2, -0.15) is 0 Å². The maximum Gasteiger partial charge on any atom is 0.394 e. The summed E-state index contributed by atoms with van der Waals surface area (Å²) in [6.07, 6.45) is 0. The van der Waals surface area contributed by atoms with Crippen LogP contribution in [-0.4, -0.2) is 34.2 Å². The highest BCUT2D eigenvalue weighted by Crippen LogP contribution is 2.23. The van der Waals surface area contributed by atoms with E-state index in [-0.39, 0.29) is 0 Å². The number of carboxylic acids is 1. The van der Waals surface area contributed by atoms with Crippen molar-refractivity contribution in [2.75, 3.05) is 7.05 Å².